The quantitative estimate of drug-likeness (QED) is 0.579. The van der Waals surface area contributed by atoms with Gasteiger partial charge in [0, 0.05) is 45.0 Å². The molecule has 0 saturated carbocycles. The molecule has 0 radical (unpaired) electrons. The number of benzene rings is 1. The Morgan fingerprint density at radius 2 is 1.81 bits per heavy atom. The average Bonchev–Trinajstić information content (AvgIpc) is 3.30. The predicted octanol–water partition coefficient (Wildman–Crippen LogP) is 2.61. The Kier molecular flexibility index (Phi) is 8.32. The van der Waals surface area contributed by atoms with Gasteiger partial charge in [-0.1, -0.05) is 32.0 Å². The van der Waals surface area contributed by atoms with Gasteiger partial charge in [-0.05, 0) is 48.4 Å². The SMILES string of the molecule is Cc1cccc(N2CCN(CCNC(=O)[C@@H](NS(=O)(=O)c3cccs3)C(C)C)CC2)c1C. The average molecular weight is 479 g/mol. The number of aryl methyl sites for hydroxylation is 1. The minimum absolute atomic E-state index is 0.161. The van der Waals surface area contributed by atoms with E-state index in [1.54, 1.807) is 17.5 Å². The standard InChI is InChI=1S/C23H34N4O3S2/c1-17(2)22(25-32(29,30)21-9-6-16-31-21)23(28)24-10-11-26-12-14-27(15-13-26)20-8-5-7-18(3)19(20)4/h5-9,16-17,22,25H,10-15H2,1-4H3,(H,24,28)/t22-/m0/s1. The lowest BCUT2D eigenvalue weighted by Crippen LogP contribution is -2.52. The fraction of sp³-hybridized carbons (Fsp3) is 0.522. The zero-order valence-electron chi connectivity index (χ0n) is 19.3. The van der Waals surface area contributed by atoms with E-state index in [0.717, 1.165) is 44.1 Å². The lowest BCUT2D eigenvalue weighted by molar-refractivity contribution is -0.123. The molecule has 2 N–H and O–H groups in total. The highest BCUT2D eigenvalue weighted by atomic mass is 32.2. The predicted molar refractivity (Wildman–Crippen MR) is 131 cm³/mol. The van der Waals surface area contributed by atoms with Gasteiger partial charge >= 0.3 is 0 Å². The van der Waals surface area contributed by atoms with Crippen LogP contribution < -0.4 is 14.9 Å². The first-order chi connectivity index (χ1) is 15.2. The number of nitrogens with one attached hydrogen (secondary N) is 2. The van der Waals surface area contributed by atoms with E-state index >= 15 is 0 Å². The summed E-state index contributed by atoms with van der Waals surface area (Å²) in [5.41, 5.74) is 3.94. The van der Waals surface area contributed by atoms with E-state index in [2.05, 4.69) is 51.9 Å². The molecule has 1 fully saturated rings. The first-order valence-corrected chi connectivity index (χ1v) is 13.4. The molecule has 3 rings (SSSR count). The Morgan fingerprint density at radius 3 is 2.44 bits per heavy atom. The molecule has 1 aromatic carbocycles. The van der Waals surface area contributed by atoms with Crippen molar-refractivity contribution in [3.63, 3.8) is 0 Å². The molecule has 1 aliphatic rings. The fourth-order valence-corrected chi connectivity index (χ4v) is 6.23. The molecule has 0 aliphatic carbocycles. The molecular formula is C23H34N4O3S2. The molecule has 1 amide bonds. The highest BCUT2D eigenvalue weighted by Gasteiger charge is 2.29. The number of carbonyl (C=O) groups is 1. The summed E-state index contributed by atoms with van der Waals surface area (Å²) in [4.78, 5) is 17.5. The lowest BCUT2D eigenvalue weighted by Gasteiger charge is -2.37. The highest BCUT2D eigenvalue weighted by Crippen LogP contribution is 2.23. The fourth-order valence-electron chi connectivity index (χ4n) is 3.87. The number of hydrogen-bond donors (Lipinski definition) is 2. The molecule has 9 heteroatoms. The van der Waals surface area contributed by atoms with E-state index in [1.165, 1.54) is 16.8 Å². The van der Waals surface area contributed by atoms with Crippen LogP contribution in [0.25, 0.3) is 0 Å². The minimum atomic E-state index is -3.70. The largest absolute Gasteiger partial charge is 0.369 e. The summed E-state index contributed by atoms with van der Waals surface area (Å²) in [5, 5.41) is 4.63. The summed E-state index contributed by atoms with van der Waals surface area (Å²) in [6.07, 6.45) is 0. The molecule has 176 valence electrons. The zero-order chi connectivity index (χ0) is 23.3. The Bertz CT molecular complexity index is 998. The third kappa shape index (κ3) is 6.10. The van der Waals surface area contributed by atoms with Gasteiger partial charge in [-0.25, -0.2) is 8.42 Å². The van der Waals surface area contributed by atoms with Crippen molar-refractivity contribution in [3.8, 4) is 0 Å². The number of thiophene rings is 1. The van der Waals surface area contributed by atoms with Crippen LogP contribution in [0.15, 0.2) is 39.9 Å². The Hall–Kier alpha value is -1.94. The number of rotatable bonds is 9. The van der Waals surface area contributed by atoms with E-state index < -0.39 is 16.1 Å². The van der Waals surface area contributed by atoms with Crippen LogP contribution in [0.3, 0.4) is 0 Å². The molecule has 0 bridgehead atoms. The molecule has 1 aromatic heterocycles. The van der Waals surface area contributed by atoms with Crippen molar-refractivity contribution in [2.45, 2.75) is 37.9 Å². The van der Waals surface area contributed by atoms with Crippen LogP contribution in [0.4, 0.5) is 5.69 Å². The summed E-state index contributed by atoms with van der Waals surface area (Å²) in [7, 11) is -3.70. The van der Waals surface area contributed by atoms with Crippen molar-refractivity contribution in [1.82, 2.24) is 14.9 Å². The smallest absolute Gasteiger partial charge is 0.250 e. The van der Waals surface area contributed by atoms with Crippen molar-refractivity contribution in [3.05, 3.63) is 46.8 Å². The van der Waals surface area contributed by atoms with Gasteiger partial charge in [0.25, 0.3) is 10.0 Å². The molecule has 2 aromatic rings. The maximum Gasteiger partial charge on any atom is 0.250 e. The van der Waals surface area contributed by atoms with Gasteiger partial charge in [0.2, 0.25) is 5.91 Å². The number of nitrogens with zero attached hydrogens (tertiary/aromatic N) is 2. The van der Waals surface area contributed by atoms with Gasteiger partial charge in [0.1, 0.15) is 10.3 Å². The van der Waals surface area contributed by atoms with E-state index in [4.69, 9.17) is 0 Å². The van der Waals surface area contributed by atoms with Crippen molar-refractivity contribution in [2.24, 2.45) is 5.92 Å². The summed E-state index contributed by atoms with van der Waals surface area (Å²) < 4.78 is 27.9. The van der Waals surface area contributed by atoms with Crippen molar-refractivity contribution < 1.29 is 13.2 Å². The second kappa shape index (κ2) is 10.8. The van der Waals surface area contributed by atoms with Gasteiger partial charge in [0.15, 0.2) is 0 Å². The molecular weight excluding hydrogens is 444 g/mol. The van der Waals surface area contributed by atoms with Crippen molar-refractivity contribution >= 4 is 33.0 Å². The highest BCUT2D eigenvalue weighted by molar-refractivity contribution is 7.91. The molecule has 1 saturated heterocycles. The Labute approximate surface area is 195 Å². The van der Waals surface area contributed by atoms with Gasteiger partial charge in [-0.2, -0.15) is 4.72 Å². The number of piperazine rings is 1. The van der Waals surface area contributed by atoms with Crippen LogP contribution in [0.2, 0.25) is 0 Å². The number of hydrogen-bond acceptors (Lipinski definition) is 6. The van der Waals surface area contributed by atoms with Gasteiger partial charge in [-0.3, -0.25) is 9.69 Å². The molecule has 32 heavy (non-hydrogen) atoms. The topological polar surface area (TPSA) is 81.8 Å². The molecule has 7 nitrogen and oxygen atoms in total. The van der Waals surface area contributed by atoms with Crippen LogP contribution in [0, 0.1) is 19.8 Å². The van der Waals surface area contributed by atoms with Crippen molar-refractivity contribution in [1.29, 1.82) is 0 Å². The molecule has 0 spiro atoms. The van der Waals surface area contributed by atoms with Crippen LogP contribution in [0.1, 0.15) is 25.0 Å². The minimum Gasteiger partial charge on any atom is -0.369 e. The molecule has 0 unspecified atom stereocenters. The lowest BCUT2D eigenvalue weighted by atomic mass is 10.1. The van der Waals surface area contributed by atoms with E-state index in [9.17, 15) is 13.2 Å². The number of carbonyl (C=O) groups excluding carboxylic acids is 1. The third-order valence-corrected chi connectivity index (χ3v) is 8.85. The number of sulfonamides is 1. The van der Waals surface area contributed by atoms with E-state index in [0.29, 0.717) is 6.54 Å². The summed E-state index contributed by atoms with van der Waals surface area (Å²) in [5.74, 6) is -0.444. The second-order valence-corrected chi connectivity index (χ2v) is 11.5. The van der Waals surface area contributed by atoms with Crippen LogP contribution in [-0.2, 0) is 14.8 Å². The first-order valence-electron chi connectivity index (χ1n) is 11.1. The maximum absolute atomic E-state index is 12.7. The molecule has 2 heterocycles. The Balaban J connectivity index is 1.47. The monoisotopic (exact) mass is 478 g/mol. The van der Waals surface area contributed by atoms with Crippen LogP contribution >= 0.6 is 11.3 Å². The second-order valence-electron chi connectivity index (χ2n) is 8.61. The van der Waals surface area contributed by atoms with Crippen molar-refractivity contribution in [2.75, 3.05) is 44.2 Å². The van der Waals surface area contributed by atoms with Crippen LogP contribution in [-0.4, -0.2) is 64.5 Å². The maximum atomic E-state index is 12.7. The van der Waals surface area contributed by atoms with Gasteiger partial charge < -0.3 is 10.2 Å². The van der Waals surface area contributed by atoms with E-state index in [-0.39, 0.29) is 16.0 Å². The van der Waals surface area contributed by atoms with Gasteiger partial charge in [0.05, 0.1) is 0 Å². The Morgan fingerprint density at radius 1 is 1.09 bits per heavy atom. The third-order valence-electron chi connectivity index (χ3n) is 6.01. The number of anilines is 1. The molecule has 1 aliphatic heterocycles. The summed E-state index contributed by atoms with van der Waals surface area (Å²) in [6.45, 7) is 13.0. The normalized spacial score (nSPS) is 16.3. The molecule has 1 atom stereocenters. The van der Waals surface area contributed by atoms with E-state index in [1.807, 2.05) is 13.8 Å². The first kappa shape index (κ1) is 24.7. The van der Waals surface area contributed by atoms with Gasteiger partial charge in [-0.15, -0.1) is 11.3 Å². The summed E-state index contributed by atoms with van der Waals surface area (Å²) >= 11 is 1.14. The van der Waals surface area contributed by atoms with Crippen LogP contribution in [0.5, 0.6) is 0 Å². The number of amides is 1. The zero-order valence-corrected chi connectivity index (χ0v) is 20.9. The summed E-state index contributed by atoms with van der Waals surface area (Å²) in [6, 6.07) is 8.86.